The number of fused-ring (bicyclic) bond motifs is 1. The van der Waals surface area contributed by atoms with Crippen LogP contribution < -0.4 is 15.8 Å². The molecule has 0 aliphatic carbocycles. The molecule has 0 spiro atoms. The van der Waals surface area contributed by atoms with E-state index in [0.29, 0.717) is 55.1 Å². The van der Waals surface area contributed by atoms with Gasteiger partial charge in [0.1, 0.15) is 11.3 Å². The zero-order valence-electron chi connectivity index (χ0n) is 17.3. The van der Waals surface area contributed by atoms with Gasteiger partial charge in [0.25, 0.3) is 5.91 Å². The molecule has 2 aromatic rings. The largest absolute Gasteiger partial charge is 0.495 e. The molecule has 0 bridgehead atoms. The summed E-state index contributed by atoms with van der Waals surface area (Å²) in [5, 5.41) is 3.51. The first-order valence-electron chi connectivity index (χ1n) is 10.0. The maximum atomic E-state index is 12.9. The Kier molecular flexibility index (Phi) is 6.71. The molecule has 2 heterocycles. The van der Waals surface area contributed by atoms with Crippen LogP contribution in [0.4, 0.5) is 4.79 Å². The molecule has 30 heavy (non-hydrogen) atoms. The van der Waals surface area contributed by atoms with Crippen LogP contribution in [0.3, 0.4) is 0 Å². The lowest BCUT2D eigenvalue weighted by Crippen LogP contribution is -2.53. The molecular formula is C21H27N5O4. The minimum Gasteiger partial charge on any atom is -0.495 e. The fraction of sp³-hybridized carbons (Fsp3) is 0.429. The predicted octanol–water partition coefficient (Wildman–Crippen LogP) is 1.15. The number of carbonyl (C=O) groups is 3. The molecule has 0 unspecified atom stereocenters. The van der Waals surface area contributed by atoms with Crippen molar-refractivity contribution in [2.75, 3.05) is 39.8 Å². The minimum atomic E-state index is -0.690. The van der Waals surface area contributed by atoms with Crippen molar-refractivity contribution in [2.24, 2.45) is 5.73 Å². The molecule has 9 nitrogen and oxygen atoms in total. The third kappa shape index (κ3) is 4.45. The van der Waals surface area contributed by atoms with Crippen LogP contribution >= 0.6 is 0 Å². The van der Waals surface area contributed by atoms with E-state index in [0.717, 1.165) is 6.42 Å². The van der Waals surface area contributed by atoms with Crippen molar-refractivity contribution in [3.8, 4) is 5.75 Å². The number of nitrogens with one attached hydrogen (secondary N) is 1. The Hall–Kier alpha value is -3.36. The second-order valence-corrected chi connectivity index (χ2v) is 7.12. The van der Waals surface area contributed by atoms with Crippen LogP contribution in [-0.4, -0.2) is 72.5 Å². The third-order valence-electron chi connectivity index (χ3n) is 5.13. The Bertz CT molecular complexity index is 954. The van der Waals surface area contributed by atoms with Gasteiger partial charge in [-0.1, -0.05) is 19.1 Å². The number of methoxy groups -OCH3 is 1. The molecule has 0 radical (unpaired) electrons. The summed E-state index contributed by atoms with van der Waals surface area (Å²) >= 11 is 0. The monoisotopic (exact) mass is 413 g/mol. The first-order valence-corrected chi connectivity index (χ1v) is 10.0. The number of piperazine rings is 1. The SMILES string of the molecule is CCCNC(=O)N1CCN(C(=O)Cc2nc3ccccc3c(OC)c2C(N)=O)CC1. The van der Waals surface area contributed by atoms with Gasteiger partial charge in [0.15, 0.2) is 0 Å². The number of nitrogens with zero attached hydrogens (tertiary/aromatic N) is 3. The first kappa shape index (κ1) is 21.4. The van der Waals surface area contributed by atoms with Crippen molar-refractivity contribution in [1.82, 2.24) is 20.1 Å². The number of aromatic nitrogens is 1. The molecule has 1 aromatic carbocycles. The van der Waals surface area contributed by atoms with Crippen LogP contribution in [0.1, 0.15) is 29.4 Å². The Morgan fingerprint density at radius 1 is 1.13 bits per heavy atom. The van der Waals surface area contributed by atoms with E-state index in [-0.39, 0.29) is 23.9 Å². The average Bonchev–Trinajstić information content (AvgIpc) is 2.76. The summed E-state index contributed by atoms with van der Waals surface area (Å²) in [5.74, 6) is -0.533. The molecule has 3 N–H and O–H groups in total. The van der Waals surface area contributed by atoms with E-state index in [4.69, 9.17) is 10.5 Å². The zero-order valence-corrected chi connectivity index (χ0v) is 17.3. The lowest BCUT2D eigenvalue weighted by Gasteiger charge is -2.34. The summed E-state index contributed by atoms with van der Waals surface area (Å²) in [6.07, 6.45) is 0.802. The summed E-state index contributed by atoms with van der Waals surface area (Å²) in [6, 6.07) is 7.12. The highest BCUT2D eigenvalue weighted by Crippen LogP contribution is 2.31. The highest BCUT2D eigenvalue weighted by molar-refractivity contribution is 6.03. The van der Waals surface area contributed by atoms with Crippen LogP contribution in [0.25, 0.3) is 10.9 Å². The van der Waals surface area contributed by atoms with E-state index >= 15 is 0 Å². The van der Waals surface area contributed by atoms with Crippen LogP contribution in [-0.2, 0) is 11.2 Å². The van der Waals surface area contributed by atoms with Gasteiger partial charge in [0, 0.05) is 38.1 Å². The Labute approximate surface area is 175 Å². The number of benzene rings is 1. The number of hydrogen-bond acceptors (Lipinski definition) is 5. The number of carbonyl (C=O) groups excluding carboxylic acids is 3. The van der Waals surface area contributed by atoms with Gasteiger partial charge >= 0.3 is 6.03 Å². The summed E-state index contributed by atoms with van der Waals surface area (Å²) in [6.45, 7) is 4.39. The lowest BCUT2D eigenvalue weighted by atomic mass is 10.0. The van der Waals surface area contributed by atoms with E-state index in [1.54, 1.807) is 21.9 Å². The number of primary amides is 1. The van der Waals surface area contributed by atoms with E-state index in [2.05, 4.69) is 10.3 Å². The van der Waals surface area contributed by atoms with Crippen LogP contribution in [0.5, 0.6) is 5.75 Å². The molecule has 1 saturated heterocycles. The summed E-state index contributed by atoms with van der Waals surface area (Å²) in [4.78, 5) is 45.0. The standard InChI is InChI=1S/C21H27N5O4/c1-3-8-23-21(29)26-11-9-25(10-12-26)17(27)13-16-18(20(22)28)19(30-2)14-6-4-5-7-15(14)24-16/h4-7H,3,8-13H2,1-2H3,(H2,22,28)(H,23,29). The molecule has 1 aliphatic heterocycles. The number of amides is 4. The fourth-order valence-electron chi connectivity index (χ4n) is 3.58. The quantitative estimate of drug-likeness (QED) is 0.737. The van der Waals surface area contributed by atoms with Crippen LogP contribution in [0.15, 0.2) is 24.3 Å². The predicted molar refractivity (Wildman–Crippen MR) is 112 cm³/mol. The van der Waals surface area contributed by atoms with Gasteiger partial charge in [-0.3, -0.25) is 14.6 Å². The summed E-state index contributed by atoms with van der Waals surface area (Å²) < 4.78 is 5.44. The molecular weight excluding hydrogens is 386 g/mol. The number of urea groups is 1. The molecule has 0 atom stereocenters. The molecule has 1 fully saturated rings. The summed E-state index contributed by atoms with van der Waals surface area (Å²) in [5.41, 5.74) is 6.64. The Balaban J connectivity index is 1.76. The van der Waals surface area contributed by atoms with Crippen molar-refractivity contribution in [3.63, 3.8) is 0 Å². The number of nitrogens with two attached hydrogens (primary N) is 1. The lowest BCUT2D eigenvalue weighted by molar-refractivity contribution is -0.131. The number of hydrogen-bond donors (Lipinski definition) is 2. The van der Waals surface area contributed by atoms with Gasteiger partial charge in [0.2, 0.25) is 5.91 Å². The van der Waals surface area contributed by atoms with Gasteiger partial charge in [-0.05, 0) is 18.6 Å². The second kappa shape index (κ2) is 9.43. The Morgan fingerprint density at radius 3 is 2.43 bits per heavy atom. The molecule has 3 rings (SSSR count). The van der Waals surface area contributed by atoms with E-state index in [1.165, 1.54) is 7.11 Å². The topological polar surface area (TPSA) is 118 Å². The first-order chi connectivity index (χ1) is 14.5. The van der Waals surface area contributed by atoms with Crippen LogP contribution in [0.2, 0.25) is 0 Å². The van der Waals surface area contributed by atoms with E-state index in [1.807, 2.05) is 19.1 Å². The maximum Gasteiger partial charge on any atom is 0.317 e. The van der Waals surface area contributed by atoms with Crippen molar-refractivity contribution < 1.29 is 19.1 Å². The number of rotatable bonds is 6. The van der Waals surface area contributed by atoms with Gasteiger partial charge in [-0.2, -0.15) is 0 Å². The van der Waals surface area contributed by atoms with Crippen LogP contribution in [0, 0.1) is 0 Å². The molecule has 1 aliphatic rings. The minimum absolute atomic E-state index is 0.0680. The second-order valence-electron chi connectivity index (χ2n) is 7.12. The molecule has 0 saturated carbocycles. The number of ether oxygens (including phenoxy) is 1. The normalized spacial score (nSPS) is 13.9. The maximum absolute atomic E-state index is 12.9. The van der Waals surface area contributed by atoms with Crippen molar-refractivity contribution in [1.29, 1.82) is 0 Å². The molecule has 9 heteroatoms. The molecule has 1 aromatic heterocycles. The Morgan fingerprint density at radius 2 is 1.80 bits per heavy atom. The highest BCUT2D eigenvalue weighted by atomic mass is 16.5. The van der Waals surface area contributed by atoms with Gasteiger partial charge < -0.3 is 25.6 Å². The van der Waals surface area contributed by atoms with Crippen molar-refractivity contribution in [2.45, 2.75) is 19.8 Å². The van der Waals surface area contributed by atoms with Crippen molar-refractivity contribution in [3.05, 3.63) is 35.5 Å². The fourth-order valence-corrected chi connectivity index (χ4v) is 3.58. The summed E-state index contributed by atoms with van der Waals surface area (Å²) in [7, 11) is 1.46. The van der Waals surface area contributed by atoms with E-state index < -0.39 is 5.91 Å². The number of pyridine rings is 1. The zero-order chi connectivity index (χ0) is 21.7. The van der Waals surface area contributed by atoms with Gasteiger partial charge in [0.05, 0.1) is 24.7 Å². The smallest absolute Gasteiger partial charge is 0.317 e. The molecule has 160 valence electrons. The van der Waals surface area contributed by atoms with Crippen molar-refractivity contribution >= 4 is 28.7 Å². The highest BCUT2D eigenvalue weighted by Gasteiger charge is 2.27. The van der Waals surface area contributed by atoms with Gasteiger partial charge in [-0.15, -0.1) is 0 Å². The molecule has 4 amide bonds. The average molecular weight is 413 g/mol. The third-order valence-corrected chi connectivity index (χ3v) is 5.13. The van der Waals surface area contributed by atoms with Gasteiger partial charge in [-0.25, -0.2) is 4.79 Å². The van der Waals surface area contributed by atoms with E-state index in [9.17, 15) is 14.4 Å². The number of para-hydroxylation sites is 1.